The van der Waals surface area contributed by atoms with Crippen molar-refractivity contribution < 1.29 is 4.42 Å². The van der Waals surface area contributed by atoms with Gasteiger partial charge in [0.25, 0.3) is 5.22 Å². The third-order valence-electron chi connectivity index (χ3n) is 3.87. The van der Waals surface area contributed by atoms with E-state index < -0.39 is 0 Å². The number of thioether (sulfide) groups is 1. The standard InChI is InChI=1S/C20H17N3OS2/c1-13-6-8-15(9-7-13)19-21-17(11-25-19)12-26-20-23-22-18(24-20)16-5-3-4-14(2)10-16/h3-11H,12H2,1-2H3. The lowest BCUT2D eigenvalue weighted by Crippen LogP contribution is -1.82. The Morgan fingerprint density at radius 3 is 2.62 bits per heavy atom. The Balaban J connectivity index is 1.43. The molecule has 4 aromatic rings. The van der Waals surface area contributed by atoms with E-state index >= 15 is 0 Å². The summed E-state index contributed by atoms with van der Waals surface area (Å²) in [7, 11) is 0. The van der Waals surface area contributed by atoms with Crippen LogP contribution in [-0.4, -0.2) is 15.2 Å². The Morgan fingerprint density at radius 2 is 1.81 bits per heavy atom. The van der Waals surface area contributed by atoms with Gasteiger partial charge in [-0.2, -0.15) is 0 Å². The zero-order valence-corrected chi connectivity index (χ0v) is 16.1. The van der Waals surface area contributed by atoms with Gasteiger partial charge >= 0.3 is 0 Å². The van der Waals surface area contributed by atoms with Crippen LogP contribution in [0.25, 0.3) is 22.0 Å². The number of nitrogens with zero attached hydrogens (tertiary/aromatic N) is 3. The van der Waals surface area contributed by atoms with Crippen LogP contribution in [0.3, 0.4) is 0 Å². The normalized spacial score (nSPS) is 11.0. The van der Waals surface area contributed by atoms with Crippen molar-refractivity contribution in [2.24, 2.45) is 0 Å². The molecular formula is C20H17N3OS2. The lowest BCUT2D eigenvalue weighted by molar-refractivity contribution is 0.466. The molecular weight excluding hydrogens is 362 g/mol. The quantitative estimate of drug-likeness (QED) is 0.412. The van der Waals surface area contributed by atoms with Crippen molar-refractivity contribution in [3.05, 3.63) is 70.7 Å². The smallest absolute Gasteiger partial charge is 0.277 e. The van der Waals surface area contributed by atoms with Crippen molar-refractivity contribution in [1.29, 1.82) is 0 Å². The van der Waals surface area contributed by atoms with Crippen LogP contribution in [0.5, 0.6) is 0 Å². The van der Waals surface area contributed by atoms with Crippen LogP contribution in [0.4, 0.5) is 0 Å². The second-order valence-electron chi connectivity index (χ2n) is 6.04. The number of benzene rings is 2. The van der Waals surface area contributed by atoms with E-state index in [2.05, 4.69) is 46.8 Å². The molecule has 4 rings (SSSR count). The second kappa shape index (κ2) is 7.43. The molecule has 0 saturated heterocycles. The van der Waals surface area contributed by atoms with Gasteiger partial charge in [-0.15, -0.1) is 21.5 Å². The van der Waals surface area contributed by atoms with E-state index in [-0.39, 0.29) is 0 Å². The minimum absolute atomic E-state index is 0.551. The van der Waals surface area contributed by atoms with Gasteiger partial charge in [-0.05, 0) is 26.0 Å². The van der Waals surface area contributed by atoms with Gasteiger partial charge in [0.1, 0.15) is 5.01 Å². The summed E-state index contributed by atoms with van der Waals surface area (Å²) in [5.74, 6) is 1.26. The molecule has 0 aliphatic rings. The number of aryl methyl sites for hydroxylation is 2. The highest BCUT2D eigenvalue weighted by Crippen LogP contribution is 2.29. The molecule has 0 fully saturated rings. The summed E-state index contributed by atoms with van der Waals surface area (Å²) in [4.78, 5) is 4.71. The molecule has 0 N–H and O–H groups in total. The molecule has 0 unspecified atom stereocenters. The maximum Gasteiger partial charge on any atom is 0.277 e. The van der Waals surface area contributed by atoms with Gasteiger partial charge in [-0.25, -0.2) is 4.98 Å². The van der Waals surface area contributed by atoms with E-state index in [9.17, 15) is 0 Å². The fourth-order valence-corrected chi connectivity index (χ4v) is 4.09. The minimum atomic E-state index is 0.551. The van der Waals surface area contributed by atoms with Crippen molar-refractivity contribution in [2.75, 3.05) is 0 Å². The van der Waals surface area contributed by atoms with Crippen molar-refractivity contribution in [3.63, 3.8) is 0 Å². The Labute approximate surface area is 160 Å². The van der Waals surface area contributed by atoms with E-state index in [0.29, 0.717) is 16.9 Å². The summed E-state index contributed by atoms with van der Waals surface area (Å²) in [6.45, 7) is 4.13. The number of hydrogen-bond donors (Lipinski definition) is 0. The molecule has 2 aromatic carbocycles. The SMILES string of the molecule is Cc1ccc(-c2nc(CSc3nnc(-c4cccc(C)c4)o3)cs2)cc1. The molecule has 2 aromatic heterocycles. The fraction of sp³-hybridized carbons (Fsp3) is 0.150. The molecule has 0 spiro atoms. The molecule has 0 aliphatic carbocycles. The first-order valence-corrected chi connectivity index (χ1v) is 10.1. The highest BCUT2D eigenvalue weighted by Gasteiger charge is 2.11. The van der Waals surface area contributed by atoms with Crippen molar-refractivity contribution >= 4 is 23.1 Å². The molecule has 26 heavy (non-hydrogen) atoms. The van der Waals surface area contributed by atoms with Gasteiger partial charge in [-0.1, -0.05) is 59.3 Å². The Bertz CT molecular complexity index is 1020. The molecule has 130 valence electrons. The van der Waals surface area contributed by atoms with E-state index in [1.807, 2.05) is 31.2 Å². The lowest BCUT2D eigenvalue weighted by atomic mass is 10.1. The van der Waals surface area contributed by atoms with Crippen molar-refractivity contribution in [3.8, 4) is 22.0 Å². The maximum atomic E-state index is 5.77. The molecule has 0 atom stereocenters. The maximum absolute atomic E-state index is 5.77. The monoisotopic (exact) mass is 379 g/mol. The van der Waals surface area contributed by atoms with Gasteiger partial charge in [0.2, 0.25) is 5.89 Å². The van der Waals surface area contributed by atoms with E-state index in [1.165, 1.54) is 22.9 Å². The highest BCUT2D eigenvalue weighted by atomic mass is 32.2. The van der Waals surface area contributed by atoms with E-state index in [0.717, 1.165) is 21.8 Å². The molecule has 2 heterocycles. The molecule has 6 heteroatoms. The number of rotatable bonds is 5. The summed E-state index contributed by atoms with van der Waals surface area (Å²) in [6.07, 6.45) is 0. The molecule has 0 radical (unpaired) electrons. The van der Waals surface area contributed by atoms with Crippen molar-refractivity contribution in [1.82, 2.24) is 15.2 Å². The first-order valence-electron chi connectivity index (χ1n) is 8.22. The predicted octanol–water partition coefficient (Wildman–Crippen LogP) is 5.77. The highest BCUT2D eigenvalue weighted by molar-refractivity contribution is 7.98. The van der Waals surface area contributed by atoms with Crippen LogP contribution in [0.1, 0.15) is 16.8 Å². The Hall–Kier alpha value is -2.44. The number of aromatic nitrogens is 3. The van der Waals surface area contributed by atoms with Crippen LogP contribution in [-0.2, 0) is 5.75 Å². The first kappa shape index (κ1) is 17.0. The van der Waals surface area contributed by atoms with Gasteiger partial charge in [0.05, 0.1) is 5.69 Å². The summed E-state index contributed by atoms with van der Waals surface area (Å²) in [5.41, 5.74) is 5.53. The largest absolute Gasteiger partial charge is 0.411 e. The zero-order valence-electron chi connectivity index (χ0n) is 14.5. The molecule has 4 nitrogen and oxygen atoms in total. The lowest BCUT2D eigenvalue weighted by Gasteiger charge is -1.97. The Morgan fingerprint density at radius 1 is 0.962 bits per heavy atom. The second-order valence-corrected chi connectivity index (χ2v) is 7.83. The van der Waals surface area contributed by atoms with Crippen LogP contribution < -0.4 is 0 Å². The first-order chi connectivity index (χ1) is 12.7. The van der Waals surface area contributed by atoms with Crippen LogP contribution in [0, 0.1) is 13.8 Å². The Kier molecular flexibility index (Phi) is 4.86. The average Bonchev–Trinajstić information content (AvgIpc) is 3.30. The number of thiazole rings is 1. The summed E-state index contributed by atoms with van der Waals surface area (Å²) in [5, 5.41) is 12.0. The summed E-state index contributed by atoms with van der Waals surface area (Å²) >= 11 is 3.16. The van der Waals surface area contributed by atoms with Crippen molar-refractivity contribution in [2.45, 2.75) is 24.8 Å². The zero-order chi connectivity index (χ0) is 17.9. The third kappa shape index (κ3) is 3.86. The van der Waals surface area contributed by atoms with Crippen LogP contribution in [0.15, 0.2) is 63.6 Å². The van der Waals surface area contributed by atoms with Gasteiger partial charge in [0, 0.05) is 22.3 Å². The summed E-state index contributed by atoms with van der Waals surface area (Å²) < 4.78 is 5.77. The molecule has 0 bridgehead atoms. The van der Waals surface area contributed by atoms with Crippen LogP contribution in [0.2, 0.25) is 0 Å². The molecule has 0 amide bonds. The predicted molar refractivity (Wildman–Crippen MR) is 106 cm³/mol. The topological polar surface area (TPSA) is 51.8 Å². The molecule has 0 saturated carbocycles. The van der Waals surface area contributed by atoms with E-state index in [4.69, 9.17) is 9.40 Å². The third-order valence-corrected chi connectivity index (χ3v) is 5.66. The minimum Gasteiger partial charge on any atom is -0.411 e. The van der Waals surface area contributed by atoms with E-state index in [1.54, 1.807) is 11.3 Å². The molecule has 0 aliphatic heterocycles. The number of hydrogen-bond acceptors (Lipinski definition) is 6. The van der Waals surface area contributed by atoms with Gasteiger partial charge < -0.3 is 4.42 Å². The van der Waals surface area contributed by atoms with Gasteiger partial charge in [-0.3, -0.25) is 0 Å². The summed E-state index contributed by atoms with van der Waals surface area (Å²) in [6, 6.07) is 16.5. The fourth-order valence-electron chi connectivity index (χ4n) is 2.50. The van der Waals surface area contributed by atoms with Gasteiger partial charge in [0.15, 0.2) is 0 Å². The average molecular weight is 380 g/mol. The van der Waals surface area contributed by atoms with Crippen LogP contribution >= 0.6 is 23.1 Å².